The molecule has 1 aliphatic carbocycles. The summed E-state index contributed by atoms with van der Waals surface area (Å²) in [6.45, 7) is 0. The molecule has 2 N–H and O–H groups in total. The molecular formula is C17H21N3O3. The maximum Gasteiger partial charge on any atom is 0.263 e. The first kappa shape index (κ1) is 16.7. The Hall–Kier alpha value is -2.68. The molecule has 1 saturated carbocycles. The fraction of sp³-hybridized carbons (Fsp3) is 0.412. The standard InChI is InChI=1S/C17H21N3O3/c1-22-14-7-8-16(23-2)15(9-14)19-11-12(10-18)17(21)20-13-5-3-4-6-13/h7-9,11,13,19H,3-6H2,1-2H3,(H,20,21)/b12-11-. The van der Waals surface area contributed by atoms with Crippen LogP contribution in [0.2, 0.25) is 0 Å². The number of anilines is 1. The van der Waals surface area contributed by atoms with Crippen molar-refractivity contribution in [2.45, 2.75) is 31.7 Å². The molecule has 1 aromatic carbocycles. The molecule has 0 radical (unpaired) electrons. The summed E-state index contributed by atoms with van der Waals surface area (Å²) in [4.78, 5) is 12.1. The van der Waals surface area contributed by atoms with Crippen LogP contribution in [0, 0.1) is 11.3 Å². The van der Waals surface area contributed by atoms with Crippen molar-refractivity contribution in [2.75, 3.05) is 19.5 Å². The number of ether oxygens (including phenoxy) is 2. The van der Waals surface area contributed by atoms with Crippen LogP contribution in [0.5, 0.6) is 11.5 Å². The van der Waals surface area contributed by atoms with Crippen LogP contribution in [0.3, 0.4) is 0 Å². The van der Waals surface area contributed by atoms with Gasteiger partial charge in [-0.3, -0.25) is 4.79 Å². The van der Waals surface area contributed by atoms with Crippen molar-refractivity contribution in [2.24, 2.45) is 0 Å². The summed E-state index contributed by atoms with van der Waals surface area (Å²) < 4.78 is 10.4. The third-order valence-corrected chi connectivity index (χ3v) is 3.83. The normalized spacial score (nSPS) is 14.9. The van der Waals surface area contributed by atoms with Crippen molar-refractivity contribution < 1.29 is 14.3 Å². The summed E-state index contributed by atoms with van der Waals surface area (Å²) in [5.41, 5.74) is 0.648. The molecule has 0 aliphatic heterocycles. The molecule has 122 valence electrons. The summed E-state index contributed by atoms with van der Waals surface area (Å²) in [6, 6.07) is 7.35. The second-order valence-electron chi connectivity index (χ2n) is 5.34. The molecule has 0 saturated heterocycles. The minimum atomic E-state index is -0.353. The van der Waals surface area contributed by atoms with Crippen LogP contribution in [0.15, 0.2) is 30.0 Å². The van der Waals surface area contributed by atoms with Gasteiger partial charge in [-0.05, 0) is 25.0 Å². The largest absolute Gasteiger partial charge is 0.497 e. The lowest BCUT2D eigenvalue weighted by molar-refractivity contribution is -0.117. The zero-order chi connectivity index (χ0) is 16.7. The van der Waals surface area contributed by atoms with E-state index in [1.807, 2.05) is 6.07 Å². The van der Waals surface area contributed by atoms with Gasteiger partial charge in [-0.15, -0.1) is 0 Å². The van der Waals surface area contributed by atoms with Crippen LogP contribution in [0.1, 0.15) is 25.7 Å². The second-order valence-corrected chi connectivity index (χ2v) is 5.34. The van der Waals surface area contributed by atoms with Crippen LogP contribution >= 0.6 is 0 Å². The molecule has 23 heavy (non-hydrogen) atoms. The van der Waals surface area contributed by atoms with Gasteiger partial charge >= 0.3 is 0 Å². The summed E-state index contributed by atoms with van der Waals surface area (Å²) in [5, 5.41) is 15.0. The second kappa shape index (κ2) is 8.08. The highest BCUT2D eigenvalue weighted by molar-refractivity contribution is 5.97. The molecule has 1 amide bonds. The Labute approximate surface area is 136 Å². The van der Waals surface area contributed by atoms with E-state index in [2.05, 4.69) is 10.6 Å². The minimum Gasteiger partial charge on any atom is -0.497 e. The fourth-order valence-electron chi connectivity index (χ4n) is 2.56. The summed E-state index contributed by atoms with van der Waals surface area (Å²) in [6.07, 6.45) is 5.58. The van der Waals surface area contributed by atoms with E-state index >= 15 is 0 Å². The minimum absolute atomic E-state index is 0.0294. The topological polar surface area (TPSA) is 83.4 Å². The maximum atomic E-state index is 12.1. The number of benzene rings is 1. The number of nitrogens with zero attached hydrogens (tertiary/aromatic N) is 1. The number of rotatable bonds is 6. The molecule has 0 heterocycles. The highest BCUT2D eigenvalue weighted by Crippen LogP contribution is 2.29. The Morgan fingerprint density at radius 3 is 2.65 bits per heavy atom. The Kier molecular flexibility index (Phi) is 5.87. The zero-order valence-electron chi connectivity index (χ0n) is 13.4. The first-order chi connectivity index (χ1) is 11.2. The Bertz CT molecular complexity index is 628. The van der Waals surface area contributed by atoms with Gasteiger partial charge in [0.1, 0.15) is 23.1 Å². The SMILES string of the molecule is COc1ccc(OC)c(N/C=C(/C#N)C(=O)NC2CCCC2)c1. The number of hydrogen-bond acceptors (Lipinski definition) is 5. The predicted octanol–water partition coefficient (Wildman–Crippen LogP) is 2.58. The van der Waals surface area contributed by atoms with E-state index in [1.54, 1.807) is 32.4 Å². The molecule has 6 heteroatoms. The molecule has 0 spiro atoms. The number of nitrogens with one attached hydrogen (secondary N) is 2. The maximum absolute atomic E-state index is 12.1. The number of hydrogen-bond donors (Lipinski definition) is 2. The predicted molar refractivity (Wildman–Crippen MR) is 87.3 cm³/mol. The number of carbonyl (C=O) groups is 1. The van der Waals surface area contributed by atoms with Crippen molar-refractivity contribution in [3.05, 3.63) is 30.0 Å². The number of methoxy groups -OCH3 is 2. The van der Waals surface area contributed by atoms with Crippen molar-refractivity contribution in [1.29, 1.82) is 5.26 Å². The summed E-state index contributed by atoms with van der Waals surface area (Å²) >= 11 is 0. The van der Waals surface area contributed by atoms with E-state index in [-0.39, 0.29) is 17.5 Å². The molecule has 2 rings (SSSR count). The molecule has 6 nitrogen and oxygen atoms in total. The average Bonchev–Trinajstić information content (AvgIpc) is 3.08. The van der Waals surface area contributed by atoms with Crippen LogP contribution in [0.4, 0.5) is 5.69 Å². The van der Waals surface area contributed by atoms with E-state index < -0.39 is 0 Å². The van der Waals surface area contributed by atoms with Gasteiger partial charge in [-0.1, -0.05) is 12.8 Å². The van der Waals surface area contributed by atoms with E-state index in [0.717, 1.165) is 25.7 Å². The highest BCUT2D eigenvalue weighted by Gasteiger charge is 2.19. The quantitative estimate of drug-likeness (QED) is 0.623. The van der Waals surface area contributed by atoms with Crippen molar-refractivity contribution >= 4 is 11.6 Å². The summed E-state index contributed by atoms with van der Waals surface area (Å²) in [7, 11) is 3.12. The smallest absolute Gasteiger partial charge is 0.263 e. The third kappa shape index (κ3) is 4.39. The number of amides is 1. The number of nitriles is 1. The van der Waals surface area contributed by atoms with Gasteiger partial charge in [0.25, 0.3) is 5.91 Å². The van der Waals surface area contributed by atoms with E-state index in [4.69, 9.17) is 9.47 Å². The first-order valence-corrected chi connectivity index (χ1v) is 7.57. The Balaban J connectivity index is 2.09. The van der Waals surface area contributed by atoms with E-state index in [0.29, 0.717) is 17.2 Å². The lowest BCUT2D eigenvalue weighted by Gasteiger charge is -2.12. The lowest BCUT2D eigenvalue weighted by atomic mass is 10.2. The van der Waals surface area contributed by atoms with E-state index in [1.165, 1.54) is 6.20 Å². The number of carbonyl (C=O) groups excluding carboxylic acids is 1. The van der Waals surface area contributed by atoms with Crippen LogP contribution in [-0.2, 0) is 4.79 Å². The monoisotopic (exact) mass is 315 g/mol. The van der Waals surface area contributed by atoms with Crippen LogP contribution < -0.4 is 20.1 Å². The third-order valence-electron chi connectivity index (χ3n) is 3.83. The van der Waals surface area contributed by atoms with Gasteiger partial charge in [0.2, 0.25) is 0 Å². The Morgan fingerprint density at radius 2 is 2.04 bits per heavy atom. The van der Waals surface area contributed by atoms with Crippen molar-refractivity contribution in [3.63, 3.8) is 0 Å². The molecule has 1 aromatic rings. The van der Waals surface area contributed by atoms with Gasteiger partial charge < -0.3 is 20.1 Å². The molecule has 1 fully saturated rings. The average molecular weight is 315 g/mol. The molecule has 1 aliphatic rings. The molecule has 0 aromatic heterocycles. The molecular weight excluding hydrogens is 294 g/mol. The van der Waals surface area contributed by atoms with Gasteiger partial charge in [-0.2, -0.15) is 5.26 Å². The highest BCUT2D eigenvalue weighted by atomic mass is 16.5. The molecule has 0 bridgehead atoms. The van der Waals surface area contributed by atoms with Crippen molar-refractivity contribution in [3.8, 4) is 17.6 Å². The van der Waals surface area contributed by atoms with Gasteiger partial charge in [0.05, 0.1) is 19.9 Å². The summed E-state index contributed by atoms with van der Waals surface area (Å²) in [5.74, 6) is 0.889. The van der Waals surface area contributed by atoms with Crippen LogP contribution in [-0.4, -0.2) is 26.2 Å². The van der Waals surface area contributed by atoms with Gasteiger partial charge in [0, 0.05) is 18.3 Å². The van der Waals surface area contributed by atoms with E-state index in [9.17, 15) is 10.1 Å². The fourth-order valence-corrected chi connectivity index (χ4v) is 2.56. The molecule has 0 unspecified atom stereocenters. The van der Waals surface area contributed by atoms with Crippen molar-refractivity contribution in [1.82, 2.24) is 5.32 Å². The molecule has 0 atom stereocenters. The Morgan fingerprint density at radius 1 is 1.30 bits per heavy atom. The first-order valence-electron chi connectivity index (χ1n) is 7.57. The van der Waals surface area contributed by atoms with Gasteiger partial charge in [0.15, 0.2) is 0 Å². The van der Waals surface area contributed by atoms with Gasteiger partial charge in [-0.25, -0.2) is 0 Å². The van der Waals surface area contributed by atoms with Crippen LogP contribution in [0.25, 0.3) is 0 Å². The lowest BCUT2D eigenvalue weighted by Crippen LogP contribution is -2.33. The zero-order valence-corrected chi connectivity index (χ0v) is 13.4.